The zero-order valence-corrected chi connectivity index (χ0v) is 17.6. The predicted octanol–water partition coefficient (Wildman–Crippen LogP) is 4.47. The highest BCUT2D eigenvalue weighted by Gasteiger charge is 2.26. The highest BCUT2D eigenvalue weighted by molar-refractivity contribution is 14.0. The molecule has 2 rings (SSSR count). The summed E-state index contributed by atoms with van der Waals surface area (Å²) in [5.74, 6) is 0.408. The number of alkyl halides is 3. The zero-order chi connectivity index (χ0) is 18.3. The van der Waals surface area contributed by atoms with Crippen molar-refractivity contribution in [3.8, 4) is 0 Å². The summed E-state index contributed by atoms with van der Waals surface area (Å²) in [5.41, 5.74) is 2.29. The van der Waals surface area contributed by atoms with Crippen LogP contribution in [0.2, 0.25) is 0 Å². The molecule has 1 atom stereocenters. The molecule has 1 aromatic carbocycles. The molecule has 0 radical (unpaired) electrons. The number of anilines is 1. The van der Waals surface area contributed by atoms with E-state index in [1.807, 2.05) is 26.0 Å². The highest BCUT2D eigenvalue weighted by atomic mass is 127. The second kappa shape index (κ2) is 10.8. The van der Waals surface area contributed by atoms with Gasteiger partial charge in [0.15, 0.2) is 5.96 Å². The average Bonchev–Trinajstić information content (AvgIpc) is 3.08. The van der Waals surface area contributed by atoms with Crippen LogP contribution in [0.3, 0.4) is 0 Å². The summed E-state index contributed by atoms with van der Waals surface area (Å²) in [6.07, 6.45) is -2.66. The van der Waals surface area contributed by atoms with Crippen LogP contribution >= 0.6 is 24.0 Å². The minimum atomic E-state index is -4.18. The van der Waals surface area contributed by atoms with E-state index in [2.05, 4.69) is 32.7 Å². The van der Waals surface area contributed by atoms with Crippen LogP contribution in [0.25, 0.3) is 0 Å². The number of benzene rings is 1. The van der Waals surface area contributed by atoms with E-state index < -0.39 is 12.6 Å². The first-order valence-corrected chi connectivity index (χ1v) is 8.85. The quantitative estimate of drug-likeness (QED) is 0.356. The Morgan fingerprint density at radius 3 is 2.58 bits per heavy atom. The number of hydrogen-bond acceptors (Lipinski definition) is 2. The first-order valence-electron chi connectivity index (χ1n) is 8.85. The van der Waals surface area contributed by atoms with E-state index in [1.54, 1.807) is 0 Å². The largest absolute Gasteiger partial charge is 0.390 e. The van der Waals surface area contributed by atoms with Crippen LogP contribution in [-0.2, 0) is 0 Å². The molecule has 1 aromatic rings. The van der Waals surface area contributed by atoms with Gasteiger partial charge in [-0.15, -0.1) is 24.0 Å². The molecule has 0 bridgehead atoms. The Hall–Kier alpha value is -1.19. The van der Waals surface area contributed by atoms with E-state index in [-0.39, 0.29) is 36.6 Å². The maximum absolute atomic E-state index is 12.3. The van der Waals surface area contributed by atoms with Crippen LogP contribution in [0, 0.1) is 0 Å². The second-order valence-electron chi connectivity index (χ2n) is 6.28. The lowest BCUT2D eigenvalue weighted by atomic mass is 10.1. The van der Waals surface area contributed by atoms with Crippen molar-refractivity contribution in [2.75, 3.05) is 31.1 Å². The minimum absolute atomic E-state index is 0. The van der Waals surface area contributed by atoms with Crippen LogP contribution in [0.5, 0.6) is 0 Å². The van der Waals surface area contributed by atoms with Gasteiger partial charge in [-0.25, -0.2) is 0 Å². The number of guanidine groups is 1. The van der Waals surface area contributed by atoms with Crippen molar-refractivity contribution in [3.63, 3.8) is 0 Å². The molecule has 8 heteroatoms. The van der Waals surface area contributed by atoms with Gasteiger partial charge in [-0.3, -0.25) is 4.99 Å². The van der Waals surface area contributed by atoms with Gasteiger partial charge in [0.2, 0.25) is 0 Å². The number of aliphatic imine (C=N–C) groups is 1. The molecule has 0 amide bonds. The highest BCUT2D eigenvalue weighted by Crippen LogP contribution is 2.24. The van der Waals surface area contributed by atoms with Crippen molar-refractivity contribution >= 4 is 35.6 Å². The fourth-order valence-electron chi connectivity index (χ4n) is 2.87. The predicted molar refractivity (Wildman–Crippen MR) is 112 cm³/mol. The van der Waals surface area contributed by atoms with Crippen LogP contribution in [0.1, 0.15) is 44.7 Å². The lowest BCUT2D eigenvalue weighted by Crippen LogP contribution is -2.39. The second-order valence-corrected chi connectivity index (χ2v) is 6.28. The van der Waals surface area contributed by atoms with Gasteiger partial charge in [-0.05, 0) is 44.4 Å². The van der Waals surface area contributed by atoms with Crippen molar-refractivity contribution in [2.45, 2.75) is 45.3 Å². The molecule has 1 saturated heterocycles. The van der Waals surface area contributed by atoms with Crippen LogP contribution in [0.4, 0.5) is 18.9 Å². The van der Waals surface area contributed by atoms with Gasteiger partial charge in [-0.1, -0.05) is 12.1 Å². The molecule has 0 spiro atoms. The third kappa shape index (κ3) is 7.59. The molecule has 1 aliphatic rings. The molecule has 1 unspecified atom stereocenters. The van der Waals surface area contributed by atoms with E-state index in [1.165, 1.54) is 18.5 Å². The Bertz CT molecular complexity index is 572. The van der Waals surface area contributed by atoms with Crippen LogP contribution < -0.4 is 15.5 Å². The molecule has 0 saturated carbocycles. The van der Waals surface area contributed by atoms with Gasteiger partial charge in [0.25, 0.3) is 0 Å². The molecular weight excluding hydrogens is 456 g/mol. The Labute approximate surface area is 170 Å². The summed E-state index contributed by atoms with van der Waals surface area (Å²) in [7, 11) is 0. The number of rotatable bonds is 6. The van der Waals surface area contributed by atoms with Gasteiger partial charge in [0.05, 0.1) is 19.0 Å². The van der Waals surface area contributed by atoms with Gasteiger partial charge >= 0.3 is 6.18 Å². The Kier molecular flexibility index (Phi) is 9.52. The number of hydrogen-bond donors (Lipinski definition) is 2. The lowest BCUT2D eigenvalue weighted by Gasteiger charge is -2.22. The summed E-state index contributed by atoms with van der Waals surface area (Å²) in [5, 5.41) is 6.19. The Balaban J connectivity index is 0.00000338. The lowest BCUT2D eigenvalue weighted by molar-refractivity contribution is -0.132. The van der Waals surface area contributed by atoms with E-state index >= 15 is 0 Å². The molecule has 2 N–H and O–H groups in total. The molecule has 4 nitrogen and oxygen atoms in total. The van der Waals surface area contributed by atoms with E-state index in [0.29, 0.717) is 12.5 Å². The maximum atomic E-state index is 12.3. The molecule has 1 fully saturated rings. The van der Waals surface area contributed by atoms with Crippen LogP contribution in [0.15, 0.2) is 29.3 Å². The molecule has 0 aromatic heterocycles. The number of nitrogens with one attached hydrogen (secondary N) is 2. The monoisotopic (exact) mass is 484 g/mol. The number of nitrogens with zero attached hydrogens (tertiary/aromatic N) is 2. The van der Waals surface area contributed by atoms with Crippen molar-refractivity contribution in [2.24, 2.45) is 4.99 Å². The standard InChI is InChI=1S/C18H27F3N4.HI/c1-3-22-17(23-10-9-18(19,20)21)24-14(2)15-7-6-8-16(13-15)25-11-4-5-12-25;/h6-8,13-14H,3-5,9-12H2,1-2H3,(H2,22,23,24);1H. The van der Waals surface area contributed by atoms with E-state index in [4.69, 9.17) is 0 Å². The van der Waals surface area contributed by atoms with E-state index in [0.717, 1.165) is 18.7 Å². The van der Waals surface area contributed by atoms with Crippen molar-refractivity contribution in [1.82, 2.24) is 10.6 Å². The molecular formula is C18H28F3IN4. The number of halogens is 4. The fraction of sp³-hybridized carbons (Fsp3) is 0.611. The normalized spacial score (nSPS) is 16.2. The zero-order valence-electron chi connectivity index (χ0n) is 15.3. The summed E-state index contributed by atoms with van der Waals surface area (Å²) in [6, 6.07) is 8.24. The first-order chi connectivity index (χ1) is 11.9. The third-order valence-corrected chi connectivity index (χ3v) is 4.20. The molecule has 0 aliphatic carbocycles. The SMILES string of the molecule is CCNC(=NCCC(F)(F)F)NC(C)c1cccc(N2CCCC2)c1.I. The van der Waals surface area contributed by atoms with Crippen LogP contribution in [-0.4, -0.2) is 38.3 Å². The Morgan fingerprint density at radius 2 is 1.96 bits per heavy atom. The molecule has 1 aliphatic heterocycles. The van der Waals surface area contributed by atoms with Gasteiger partial charge in [0.1, 0.15) is 0 Å². The molecule has 1 heterocycles. The minimum Gasteiger partial charge on any atom is -0.372 e. The van der Waals surface area contributed by atoms with Crippen molar-refractivity contribution in [1.29, 1.82) is 0 Å². The topological polar surface area (TPSA) is 39.7 Å². The molecule has 26 heavy (non-hydrogen) atoms. The Morgan fingerprint density at radius 1 is 1.27 bits per heavy atom. The average molecular weight is 484 g/mol. The van der Waals surface area contributed by atoms with E-state index in [9.17, 15) is 13.2 Å². The maximum Gasteiger partial charge on any atom is 0.390 e. The van der Waals surface area contributed by atoms with Crippen molar-refractivity contribution in [3.05, 3.63) is 29.8 Å². The third-order valence-electron chi connectivity index (χ3n) is 4.20. The summed E-state index contributed by atoms with van der Waals surface area (Å²) >= 11 is 0. The van der Waals surface area contributed by atoms with Gasteiger partial charge in [-0.2, -0.15) is 13.2 Å². The van der Waals surface area contributed by atoms with Gasteiger partial charge in [0, 0.05) is 25.3 Å². The summed E-state index contributed by atoms with van der Waals surface area (Å²) in [4.78, 5) is 6.39. The summed E-state index contributed by atoms with van der Waals surface area (Å²) < 4.78 is 36.9. The molecule has 148 valence electrons. The van der Waals surface area contributed by atoms with Gasteiger partial charge < -0.3 is 15.5 Å². The summed E-state index contributed by atoms with van der Waals surface area (Å²) in [6.45, 7) is 6.34. The fourth-order valence-corrected chi connectivity index (χ4v) is 2.87. The smallest absolute Gasteiger partial charge is 0.372 e. The van der Waals surface area contributed by atoms with Crippen molar-refractivity contribution < 1.29 is 13.2 Å². The first kappa shape index (κ1) is 22.9.